The van der Waals surface area contributed by atoms with Gasteiger partial charge in [0.25, 0.3) is 0 Å². The minimum Gasteiger partial charge on any atom is -0.292 e. The normalized spacial score (nSPS) is 18.1. The molecule has 0 bridgehead atoms. The van der Waals surface area contributed by atoms with Crippen molar-refractivity contribution in [1.82, 2.24) is 15.2 Å². The molecular weight excluding hydrogens is 292 g/mol. The summed E-state index contributed by atoms with van der Waals surface area (Å²) >= 11 is 3.41. The lowest BCUT2D eigenvalue weighted by atomic mass is 10.1. The number of nitrogens with zero attached hydrogens (tertiary/aromatic N) is 2. The molecule has 5 nitrogen and oxygen atoms in total. The fraction of sp³-hybridized carbons (Fsp3) is 0.462. The topological polar surface area (TPSA) is 70.7 Å². The number of aromatic amines is 1. The minimum absolute atomic E-state index is 0.0383. The summed E-state index contributed by atoms with van der Waals surface area (Å²) in [5, 5.41) is 11.6. The van der Waals surface area contributed by atoms with Gasteiger partial charge in [0.1, 0.15) is 11.1 Å². The zero-order valence-corrected chi connectivity index (χ0v) is 13.0. The van der Waals surface area contributed by atoms with Crippen molar-refractivity contribution in [3.63, 3.8) is 0 Å². The Morgan fingerprint density at radius 2 is 2.40 bits per heavy atom. The third kappa shape index (κ3) is 2.60. The van der Waals surface area contributed by atoms with Gasteiger partial charge in [-0.25, -0.2) is 0 Å². The highest BCUT2D eigenvalue weighted by atomic mass is 32.2. The highest BCUT2D eigenvalue weighted by Gasteiger charge is 2.28. The molecule has 0 unspecified atom stereocenters. The summed E-state index contributed by atoms with van der Waals surface area (Å²) in [6.07, 6.45) is 1.06. The van der Waals surface area contributed by atoms with Crippen LogP contribution >= 0.6 is 23.1 Å². The van der Waals surface area contributed by atoms with Gasteiger partial charge in [0.15, 0.2) is 0 Å². The van der Waals surface area contributed by atoms with Crippen molar-refractivity contribution in [2.24, 2.45) is 0 Å². The Hall–Kier alpha value is -1.34. The van der Waals surface area contributed by atoms with E-state index in [1.165, 1.54) is 4.88 Å². The lowest BCUT2D eigenvalue weighted by molar-refractivity contribution is -0.115. The van der Waals surface area contributed by atoms with Gasteiger partial charge in [0, 0.05) is 10.8 Å². The van der Waals surface area contributed by atoms with E-state index in [9.17, 15) is 4.79 Å². The van der Waals surface area contributed by atoms with E-state index < -0.39 is 0 Å². The predicted molar refractivity (Wildman–Crippen MR) is 82.3 cm³/mol. The van der Waals surface area contributed by atoms with E-state index in [0.29, 0.717) is 5.95 Å². The first-order valence-electron chi connectivity index (χ1n) is 6.56. The summed E-state index contributed by atoms with van der Waals surface area (Å²) in [6.45, 7) is 4.06. The van der Waals surface area contributed by atoms with Crippen molar-refractivity contribution in [3.8, 4) is 0 Å². The second-order valence-corrected chi connectivity index (χ2v) is 7.20. The van der Waals surface area contributed by atoms with Crippen LogP contribution in [-0.4, -0.2) is 26.8 Å². The van der Waals surface area contributed by atoms with Gasteiger partial charge in [0.2, 0.25) is 11.9 Å². The standard InChI is InChI=1S/C13H16N4OS2/c1-7(2)11-14-13(17-16-11)15-12(18)10-8-3-5-19-9(8)4-6-20-10/h3,5,7,10H,4,6H2,1-2H3,(H2,14,15,16,17,18)/t10-/m0/s1. The van der Waals surface area contributed by atoms with Gasteiger partial charge >= 0.3 is 0 Å². The number of aryl methyl sites for hydroxylation is 1. The first-order chi connectivity index (χ1) is 9.65. The van der Waals surface area contributed by atoms with Gasteiger partial charge in [-0.05, 0) is 29.2 Å². The molecule has 3 heterocycles. The first kappa shape index (κ1) is 13.6. The molecule has 0 saturated heterocycles. The van der Waals surface area contributed by atoms with E-state index in [0.717, 1.165) is 23.6 Å². The number of carbonyl (C=O) groups is 1. The lowest BCUT2D eigenvalue weighted by Gasteiger charge is -2.20. The summed E-state index contributed by atoms with van der Waals surface area (Å²) in [5.74, 6) is 2.36. The van der Waals surface area contributed by atoms with Gasteiger partial charge in [-0.3, -0.25) is 15.2 Å². The van der Waals surface area contributed by atoms with Crippen LogP contribution in [0.2, 0.25) is 0 Å². The van der Waals surface area contributed by atoms with E-state index in [4.69, 9.17) is 0 Å². The molecule has 1 amide bonds. The highest BCUT2D eigenvalue weighted by molar-refractivity contribution is 8.00. The zero-order chi connectivity index (χ0) is 14.1. The summed E-state index contributed by atoms with van der Waals surface area (Å²) in [7, 11) is 0. The van der Waals surface area contributed by atoms with Crippen LogP contribution in [0.15, 0.2) is 11.4 Å². The van der Waals surface area contributed by atoms with Crippen LogP contribution in [0.5, 0.6) is 0 Å². The lowest BCUT2D eigenvalue weighted by Crippen LogP contribution is -2.22. The van der Waals surface area contributed by atoms with Gasteiger partial charge in [0.05, 0.1) is 0 Å². The third-order valence-electron chi connectivity index (χ3n) is 3.20. The molecule has 0 saturated carbocycles. The molecule has 1 aliphatic rings. The number of nitrogens with one attached hydrogen (secondary N) is 2. The maximum absolute atomic E-state index is 12.4. The van der Waals surface area contributed by atoms with Crippen molar-refractivity contribution in [2.75, 3.05) is 11.1 Å². The van der Waals surface area contributed by atoms with Crippen LogP contribution in [-0.2, 0) is 11.2 Å². The Balaban J connectivity index is 1.74. The smallest absolute Gasteiger partial charge is 0.248 e. The SMILES string of the molecule is CC(C)c1nc(NC(=O)[C@H]2SCCc3sccc32)n[nH]1. The fourth-order valence-corrected chi connectivity index (χ4v) is 4.42. The third-order valence-corrected chi connectivity index (χ3v) is 5.44. The summed E-state index contributed by atoms with van der Waals surface area (Å²) in [4.78, 5) is 18.0. The summed E-state index contributed by atoms with van der Waals surface area (Å²) in [5.41, 5.74) is 1.14. The molecular formula is C13H16N4OS2. The van der Waals surface area contributed by atoms with Crippen molar-refractivity contribution < 1.29 is 4.79 Å². The maximum atomic E-state index is 12.4. The number of amides is 1. The quantitative estimate of drug-likeness (QED) is 0.914. The number of H-pyrrole nitrogens is 1. The Labute approximate surface area is 125 Å². The summed E-state index contributed by atoms with van der Waals surface area (Å²) < 4.78 is 0. The van der Waals surface area contributed by atoms with Crippen LogP contribution in [0, 0.1) is 0 Å². The largest absolute Gasteiger partial charge is 0.292 e. The molecule has 0 radical (unpaired) electrons. The number of hydrogen-bond donors (Lipinski definition) is 2. The molecule has 2 aromatic heterocycles. The zero-order valence-electron chi connectivity index (χ0n) is 11.3. The van der Waals surface area contributed by atoms with E-state index in [1.807, 2.05) is 19.9 Å². The Kier molecular flexibility index (Phi) is 3.80. The predicted octanol–water partition coefficient (Wildman–Crippen LogP) is 2.96. The van der Waals surface area contributed by atoms with Crippen LogP contribution < -0.4 is 5.32 Å². The van der Waals surface area contributed by atoms with Crippen molar-refractivity contribution >= 4 is 35.0 Å². The van der Waals surface area contributed by atoms with Crippen molar-refractivity contribution in [1.29, 1.82) is 0 Å². The number of rotatable bonds is 3. The maximum Gasteiger partial charge on any atom is 0.248 e. The number of thiophene rings is 1. The molecule has 0 aliphatic carbocycles. The van der Waals surface area contributed by atoms with E-state index >= 15 is 0 Å². The van der Waals surface area contributed by atoms with Crippen LogP contribution in [0.25, 0.3) is 0 Å². The Morgan fingerprint density at radius 1 is 1.55 bits per heavy atom. The number of carbonyl (C=O) groups excluding carboxylic acids is 1. The van der Waals surface area contributed by atoms with Crippen LogP contribution in [0.3, 0.4) is 0 Å². The fourth-order valence-electron chi connectivity index (χ4n) is 2.13. The molecule has 3 rings (SSSR count). The van der Waals surface area contributed by atoms with Crippen molar-refractivity contribution in [3.05, 3.63) is 27.7 Å². The number of anilines is 1. The monoisotopic (exact) mass is 308 g/mol. The molecule has 0 aromatic carbocycles. The molecule has 20 heavy (non-hydrogen) atoms. The number of hydrogen-bond acceptors (Lipinski definition) is 5. The molecule has 0 spiro atoms. The van der Waals surface area contributed by atoms with Crippen LogP contribution in [0.4, 0.5) is 5.95 Å². The number of thioether (sulfide) groups is 1. The first-order valence-corrected chi connectivity index (χ1v) is 8.49. The molecule has 7 heteroatoms. The van der Waals surface area contributed by atoms with Gasteiger partial charge in [-0.15, -0.1) is 28.2 Å². The van der Waals surface area contributed by atoms with E-state index in [1.54, 1.807) is 23.1 Å². The molecule has 106 valence electrons. The Bertz CT molecular complexity index is 619. The Morgan fingerprint density at radius 3 is 3.15 bits per heavy atom. The molecule has 2 aromatic rings. The average molecular weight is 308 g/mol. The average Bonchev–Trinajstić information content (AvgIpc) is 3.05. The van der Waals surface area contributed by atoms with E-state index in [-0.39, 0.29) is 17.1 Å². The van der Waals surface area contributed by atoms with E-state index in [2.05, 4.69) is 25.9 Å². The van der Waals surface area contributed by atoms with Crippen LogP contribution in [0.1, 0.15) is 41.3 Å². The molecule has 1 atom stereocenters. The van der Waals surface area contributed by atoms with Gasteiger partial charge in [-0.2, -0.15) is 4.98 Å². The molecule has 0 fully saturated rings. The summed E-state index contributed by atoms with van der Waals surface area (Å²) in [6, 6.07) is 2.05. The molecule has 2 N–H and O–H groups in total. The molecule has 1 aliphatic heterocycles. The second kappa shape index (κ2) is 5.57. The van der Waals surface area contributed by atoms with Gasteiger partial charge in [-0.1, -0.05) is 13.8 Å². The number of aromatic nitrogens is 3. The van der Waals surface area contributed by atoms with Gasteiger partial charge < -0.3 is 0 Å². The number of fused-ring (bicyclic) bond motifs is 1. The second-order valence-electron chi connectivity index (χ2n) is 4.99. The highest BCUT2D eigenvalue weighted by Crippen LogP contribution is 2.39. The van der Waals surface area contributed by atoms with Crippen molar-refractivity contribution in [2.45, 2.75) is 31.4 Å². The minimum atomic E-state index is -0.147.